The molecule has 1 aliphatic heterocycles. The van der Waals surface area contributed by atoms with Gasteiger partial charge in [0.2, 0.25) is 0 Å². The van der Waals surface area contributed by atoms with Crippen molar-refractivity contribution in [3.63, 3.8) is 0 Å². The Kier molecular flexibility index (Phi) is 3.14. The van der Waals surface area contributed by atoms with Crippen LogP contribution in [-0.2, 0) is 0 Å². The molecule has 7 heteroatoms. The summed E-state index contributed by atoms with van der Waals surface area (Å²) in [5, 5.41) is 12.5. The zero-order valence-corrected chi connectivity index (χ0v) is 9.37. The number of hydrogen-bond donors (Lipinski definition) is 1. The van der Waals surface area contributed by atoms with Gasteiger partial charge in [0.15, 0.2) is 10.6 Å². The van der Waals surface area contributed by atoms with Gasteiger partial charge in [0.25, 0.3) is 5.91 Å². The van der Waals surface area contributed by atoms with E-state index >= 15 is 0 Å². The van der Waals surface area contributed by atoms with Gasteiger partial charge in [-0.15, -0.1) is 5.10 Å². The molecule has 1 amide bonds. The van der Waals surface area contributed by atoms with E-state index < -0.39 is 5.97 Å². The van der Waals surface area contributed by atoms with Crippen molar-refractivity contribution in [3.05, 3.63) is 10.6 Å². The lowest BCUT2D eigenvalue weighted by molar-refractivity contribution is 0.0667. The van der Waals surface area contributed by atoms with Crippen molar-refractivity contribution < 1.29 is 14.7 Å². The first-order chi connectivity index (χ1) is 7.70. The largest absolute Gasteiger partial charge is 0.477 e. The van der Waals surface area contributed by atoms with Gasteiger partial charge in [-0.25, -0.2) is 4.79 Å². The lowest BCUT2D eigenvalue weighted by atomic mass is 10.1. The zero-order chi connectivity index (χ0) is 11.5. The van der Waals surface area contributed by atoms with Crippen LogP contribution < -0.4 is 0 Å². The molecular formula is C9H11N3O3S. The van der Waals surface area contributed by atoms with Gasteiger partial charge in [-0.3, -0.25) is 4.79 Å². The molecule has 0 saturated carbocycles. The molecule has 0 aliphatic carbocycles. The molecule has 0 aromatic carbocycles. The Morgan fingerprint density at radius 2 is 1.94 bits per heavy atom. The van der Waals surface area contributed by atoms with Crippen LogP contribution in [0.3, 0.4) is 0 Å². The standard InChI is InChI=1S/C9H11N3O3S/c13-8(12-4-2-1-3-5-12)6-7(9(14)15)16-11-10-6/h1-5H2,(H,14,15). The summed E-state index contributed by atoms with van der Waals surface area (Å²) in [4.78, 5) is 24.4. The first-order valence-electron chi connectivity index (χ1n) is 5.05. The highest BCUT2D eigenvalue weighted by atomic mass is 32.1. The van der Waals surface area contributed by atoms with E-state index in [1.165, 1.54) is 0 Å². The Morgan fingerprint density at radius 1 is 1.25 bits per heavy atom. The van der Waals surface area contributed by atoms with Crippen LogP contribution >= 0.6 is 11.5 Å². The van der Waals surface area contributed by atoms with Crippen molar-refractivity contribution >= 4 is 23.4 Å². The third-order valence-corrected chi connectivity index (χ3v) is 3.24. The smallest absolute Gasteiger partial charge is 0.350 e. The van der Waals surface area contributed by atoms with Gasteiger partial charge in [0, 0.05) is 13.1 Å². The zero-order valence-electron chi connectivity index (χ0n) is 8.55. The molecule has 86 valence electrons. The third-order valence-electron chi connectivity index (χ3n) is 2.53. The molecule has 1 saturated heterocycles. The van der Waals surface area contributed by atoms with Crippen molar-refractivity contribution in [1.29, 1.82) is 0 Å². The molecule has 1 aromatic rings. The van der Waals surface area contributed by atoms with Gasteiger partial charge in [-0.1, -0.05) is 4.49 Å². The molecule has 0 radical (unpaired) electrons. The first-order valence-corrected chi connectivity index (χ1v) is 5.82. The molecule has 0 unspecified atom stereocenters. The number of hydrogen-bond acceptors (Lipinski definition) is 5. The van der Waals surface area contributed by atoms with Crippen molar-refractivity contribution in [2.45, 2.75) is 19.3 Å². The molecule has 1 aliphatic rings. The first kappa shape index (κ1) is 11.0. The number of carboxylic acids is 1. The lowest BCUT2D eigenvalue weighted by Gasteiger charge is -2.25. The summed E-state index contributed by atoms with van der Waals surface area (Å²) in [6.45, 7) is 1.35. The molecule has 1 N–H and O–H groups in total. The van der Waals surface area contributed by atoms with Crippen LogP contribution in [0.4, 0.5) is 0 Å². The molecule has 16 heavy (non-hydrogen) atoms. The number of carbonyl (C=O) groups excluding carboxylic acids is 1. The topological polar surface area (TPSA) is 83.4 Å². The Balaban J connectivity index is 2.19. The predicted octanol–water partition coefficient (Wildman–Crippen LogP) is 0.862. The van der Waals surface area contributed by atoms with Gasteiger partial charge in [-0.05, 0) is 30.8 Å². The number of rotatable bonds is 2. The fraction of sp³-hybridized carbons (Fsp3) is 0.556. The second-order valence-corrected chi connectivity index (χ2v) is 4.36. The molecule has 0 atom stereocenters. The average Bonchev–Trinajstić information content (AvgIpc) is 2.78. The normalized spacial score (nSPS) is 16.1. The van der Waals surface area contributed by atoms with Gasteiger partial charge in [-0.2, -0.15) is 0 Å². The highest BCUT2D eigenvalue weighted by Crippen LogP contribution is 2.16. The van der Waals surface area contributed by atoms with Crippen molar-refractivity contribution in [3.8, 4) is 0 Å². The number of carbonyl (C=O) groups is 2. The molecule has 1 fully saturated rings. The van der Waals surface area contributed by atoms with E-state index in [4.69, 9.17) is 5.11 Å². The summed E-state index contributed by atoms with van der Waals surface area (Å²) in [7, 11) is 0. The summed E-state index contributed by atoms with van der Waals surface area (Å²) >= 11 is 0.742. The Labute approximate surface area is 96.0 Å². The number of aromatic carboxylic acids is 1. The number of carboxylic acid groups (broad SMARTS) is 1. The van der Waals surface area contributed by atoms with E-state index in [1.54, 1.807) is 4.90 Å². The number of aromatic nitrogens is 2. The Morgan fingerprint density at radius 3 is 2.56 bits per heavy atom. The fourth-order valence-electron chi connectivity index (χ4n) is 1.72. The van der Waals surface area contributed by atoms with Crippen LogP contribution in [0.5, 0.6) is 0 Å². The maximum atomic E-state index is 12.0. The molecule has 2 heterocycles. The monoisotopic (exact) mass is 241 g/mol. The fourth-order valence-corrected chi connectivity index (χ4v) is 2.21. The summed E-state index contributed by atoms with van der Waals surface area (Å²) in [5.41, 5.74) is -0.0283. The number of piperidine rings is 1. The molecular weight excluding hydrogens is 230 g/mol. The van der Waals surface area contributed by atoms with Crippen LogP contribution in [0, 0.1) is 0 Å². The Hall–Kier alpha value is -1.50. The maximum absolute atomic E-state index is 12.0. The van der Waals surface area contributed by atoms with Gasteiger partial charge >= 0.3 is 5.97 Å². The minimum absolute atomic E-state index is 0.0283. The Bertz CT molecular complexity index is 412. The molecule has 2 rings (SSSR count). The van der Waals surface area contributed by atoms with E-state index in [2.05, 4.69) is 9.59 Å². The number of nitrogens with zero attached hydrogens (tertiary/aromatic N) is 3. The number of amides is 1. The molecule has 6 nitrogen and oxygen atoms in total. The summed E-state index contributed by atoms with van der Waals surface area (Å²) in [5.74, 6) is -1.46. The van der Waals surface area contributed by atoms with Gasteiger partial charge in [0.05, 0.1) is 0 Å². The minimum atomic E-state index is -1.14. The van der Waals surface area contributed by atoms with E-state index in [-0.39, 0.29) is 16.5 Å². The van der Waals surface area contributed by atoms with Crippen LogP contribution in [-0.4, -0.2) is 44.6 Å². The van der Waals surface area contributed by atoms with E-state index in [0.29, 0.717) is 13.1 Å². The van der Waals surface area contributed by atoms with Crippen molar-refractivity contribution in [2.75, 3.05) is 13.1 Å². The maximum Gasteiger partial charge on any atom is 0.350 e. The summed E-state index contributed by atoms with van der Waals surface area (Å²) < 4.78 is 3.52. The average molecular weight is 241 g/mol. The SMILES string of the molecule is O=C(O)c1snnc1C(=O)N1CCCCC1. The molecule has 0 spiro atoms. The van der Waals surface area contributed by atoms with E-state index in [1.807, 2.05) is 0 Å². The predicted molar refractivity (Wildman–Crippen MR) is 56.6 cm³/mol. The lowest BCUT2D eigenvalue weighted by Crippen LogP contribution is -2.36. The number of likely N-dealkylation sites (tertiary alicyclic amines) is 1. The summed E-state index contributed by atoms with van der Waals surface area (Å²) in [6.07, 6.45) is 3.04. The van der Waals surface area contributed by atoms with E-state index in [9.17, 15) is 9.59 Å². The van der Waals surface area contributed by atoms with Crippen molar-refractivity contribution in [1.82, 2.24) is 14.5 Å². The summed E-state index contributed by atoms with van der Waals surface area (Å²) in [6, 6.07) is 0. The van der Waals surface area contributed by atoms with Gasteiger partial charge in [0.1, 0.15) is 0 Å². The van der Waals surface area contributed by atoms with Crippen LogP contribution in [0.2, 0.25) is 0 Å². The van der Waals surface area contributed by atoms with Crippen molar-refractivity contribution in [2.24, 2.45) is 0 Å². The highest BCUT2D eigenvalue weighted by molar-refractivity contribution is 7.08. The van der Waals surface area contributed by atoms with Crippen LogP contribution in [0.1, 0.15) is 39.4 Å². The second kappa shape index (κ2) is 4.56. The van der Waals surface area contributed by atoms with Crippen LogP contribution in [0.25, 0.3) is 0 Å². The second-order valence-electron chi connectivity index (χ2n) is 3.61. The third kappa shape index (κ3) is 2.04. The minimum Gasteiger partial charge on any atom is -0.477 e. The molecule has 1 aromatic heterocycles. The molecule has 0 bridgehead atoms. The highest BCUT2D eigenvalue weighted by Gasteiger charge is 2.26. The van der Waals surface area contributed by atoms with E-state index in [0.717, 1.165) is 30.8 Å². The quantitative estimate of drug-likeness (QED) is 0.830. The van der Waals surface area contributed by atoms with Crippen LogP contribution in [0.15, 0.2) is 0 Å². The van der Waals surface area contributed by atoms with Gasteiger partial charge < -0.3 is 10.0 Å².